The zero-order chi connectivity index (χ0) is 11.8. The molecule has 0 bridgehead atoms. The standard InChI is InChI=1S/C10H20N2O4/c1-14-4-5-15-3-2-12-10(13)8-6-16-7-9(8)11/h8-9H,2-7,11H2,1H3,(H,12,13). The van der Waals surface area contributed by atoms with E-state index in [1.807, 2.05) is 0 Å². The number of hydrogen-bond donors (Lipinski definition) is 2. The molecule has 2 unspecified atom stereocenters. The Morgan fingerprint density at radius 3 is 2.88 bits per heavy atom. The number of methoxy groups -OCH3 is 1. The van der Waals surface area contributed by atoms with Gasteiger partial charge in [-0.1, -0.05) is 0 Å². The van der Waals surface area contributed by atoms with Crippen LogP contribution in [0.1, 0.15) is 0 Å². The molecule has 1 fully saturated rings. The van der Waals surface area contributed by atoms with Gasteiger partial charge in [0.15, 0.2) is 0 Å². The van der Waals surface area contributed by atoms with E-state index in [0.29, 0.717) is 39.6 Å². The first kappa shape index (κ1) is 13.4. The quantitative estimate of drug-likeness (QED) is 0.535. The molecule has 6 nitrogen and oxygen atoms in total. The lowest BCUT2D eigenvalue weighted by Gasteiger charge is -2.13. The smallest absolute Gasteiger partial charge is 0.227 e. The summed E-state index contributed by atoms with van der Waals surface area (Å²) in [5, 5.41) is 2.77. The molecule has 0 saturated carbocycles. The number of nitrogens with one attached hydrogen (secondary N) is 1. The molecule has 1 saturated heterocycles. The minimum atomic E-state index is -0.223. The Hall–Kier alpha value is -0.690. The fraction of sp³-hybridized carbons (Fsp3) is 0.900. The Morgan fingerprint density at radius 2 is 2.25 bits per heavy atom. The minimum absolute atomic E-state index is 0.0552. The summed E-state index contributed by atoms with van der Waals surface area (Å²) in [6, 6.07) is -0.186. The molecule has 16 heavy (non-hydrogen) atoms. The van der Waals surface area contributed by atoms with Crippen LogP contribution in [0, 0.1) is 5.92 Å². The van der Waals surface area contributed by atoms with Crippen LogP contribution in [0.3, 0.4) is 0 Å². The lowest BCUT2D eigenvalue weighted by atomic mass is 10.0. The highest BCUT2D eigenvalue weighted by Gasteiger charge is 2.30. The molecule has 2 atom stereocenters. The fourth-order valence-electron chi connectivity index (χ4n) is 1.46. The topological polar surface area (TPSA) is 82.8 Å². The molecule has 1 aliphatic heterocycles. The van der Waals surface area contributed by atoms with Crippen LogP contribution < -0.4 is 11.1 Å². The van der Waals surface area contributed by atoms with Crippen LogP contribution in [0.25, 0.3) is 0 Å². The van der Waals surface area contributed by atoms with Crippen molar-refractivity contribution < 1.29 is 19.0 Å². The highest BCUT2D eigenvalue weighted by atomic mass is 16.5. The number of ether oxygens (including phenoxy) is 3. The maximum Gasteiger partial charge on any atom is 0.227 e. The Bertz CT molecular complexity index is 213. The third-order valence-corrected chi connectivity index (χ3v) is 2.44. The molecule has 0 aliphatic carbocycles. The summed E-state index contributed by atoms with van der Waals surface area (Å²) in [5.74, 6) is -0.278. The first-order chi connectivity index (χ1) is 7.75. The lowest BCUT2D eigenvalue weighted by Crippen LogP contribution is -2.42. The first-order valence-corrected chi connectivity index (χ1v) is 5.43. The number of amides is 1. The van der Waals surface area contributed by atoms with Gasteiger partial charge < -0.3 is 25.3 Å². The average Bonchev–Trinajstić information content (AvgIpc) is 2.69. The largest absolute Gasteiger partial charge is 0.382 e. The first-order valence-electron chi connectivity index (χ1n) is 5.43. The van der Waals surface area contributed by atoms with Crippen molar-refractivity contribution in [3.8, 4) is 0 Å². The molecule has 0 spiro atoms. The summed E-state index contributed by atoms with van der Waals surface area (Å²) < 4.78 is 15.1. The summed E-state index contributed by atoms with van der Waals surface area (Å²) in [7, 11) is 1.62. The summed E-state index contributed by atoms with van der Waals surface area (Å²) in [5.41, 5.74) is 5.72. The number of carbonyl (C=O) groups excluding carboxylic acids is 1. The van der Waals surface area contributed by atoms with E-state index in [0.717, 1.165) is 0 Å². The molecular weight excluding hydrogens is 212 g/mol. The van der Waals surface area contributed by atoms with Crippen LogP contribution in [0.5, 0.6) is 0 Å². The Labute approximate surface area is 95.4 Å². The van der Waals surface area contributed by atoms with Gasteiger partial charge in [0, 0.05) is 19.7 Å². The van der Waals surface area contributed by atoms with Crippen LogP contribution in [0.15, 0.2) is 0 Å². The Morgan fingerprint density at radius 1 is 1.44 bits per heavy atom. The summed E-state index contributed by atoms with van der Waals surface area (Å²) in [4.78, 5) is 11.6. The molecule has 1 amide bonds. The van der Waals surface area contributed by atoms with E-state index in [1.54, 1.807) is 7.11 Å². The molecule has 3 N–H and O–H groups in total. The van der Waals surface area contributed by atoms with Gasteiger partial charge in [0.25, 0.3) is 0 Å². The van der Waals surface area contributed by atoms with Gasteiger partial charge in [-0.25, -0.2) is 0 Å². The molecule has 1 rings (SSSR count). The summed E-state index contributed by atoms with van der Waals surface area (Å²) >= 11 is 0. The van der Waals surface area contributed by atoms with Crippen molar-refractivity contribution in [3.63, 3.8) is 0 Å². The third kappa shape index (κ3) is 4.44. The zero-order valence-corrected chi connectivity index (χ0v) is 9.61. The van der Waals surface area contributed by atoms with Gasteiger partial charge >= 0.3 is 0 Å². The van der Waals surface area contributed by atoms with E-state index < -0.39 is 0 Å². The predicted molar refractivity (Wildman–Crippen MR) is 58.0 cm³/mol. The molecule has 0 aromatic rings. The highest BCUT2D eigenvalue weighted by Crippen LogP contribution is 2.10. The SMILES string of the molecule is COCCOCCNC(=O)C1COCC1N. The zero-order valence-electron chi connectivity index (χ0n) is 9.61. The van der Waals surface area contributed by atoms with Crippen molar-refractivity contribution in [1.82, 2.24) is 5.32 Å². The van der Waals surface area contributed by atoms with Gasteiger partial charge in [-0.3, -0.25) is 4.79 Å². The Kier molecular flexibility index (Phi) is 6.32. The number of carbonyl (C=O) groups is 1. The lowest BCUT2D eigenvalue weighted by molar-refractivity contribution is -0.125. The van der Waals surface area contributed by atoms with Crippen molar-refractivity contribution in [3.05, 3.63) is 0 Å². The number of nitrogens with two attached hydrogens (primary N) is 1. The average molecular weight is 232 g/mol. The van der Waals surface area contributed by atoms with E-state index >= 15 is 0 Å². The van der Waals surface area contributed by atoms with E-state index in [2.05, 4.69) is 5.32 Å². The second-order valence-corrected chi connectivity index (χ2v) is 3.70. The molecule has 1 aliphatic rings. The van der Waals surface area contributed by atoms with E-state index in [9.17, 15) is 4.79 Å². The molecule has 6 heteroatoms. The molecule has 94 valence electrons. The second-order valence-electron chi connectivity index (χ2n) is 3.70. The van der Waals surface area contributed by atoms with Gasteiger partial charge in [-0.2, -0.15) is 0 Å². The van der Waals surface area contributed by atoms with E-state index in [-0.39, 0.29) is 17.9 Å². The van der Waals surface area contributed by atoms with Gasteiger partial charge in [-0.05, 0) is 0 Å². The monoisotopic (exact) mass is 232 g/mol. The number of hydrogen-bond acceptors (Lipinski definition) is 5. The molecule has 0 aromatic carbocycles. The van der Waals surface area contributed by atoms with Crippen LogP contribution >= 0.6 is 0 Å². The van der Waals surface area contributed by atoms with E-state index in [1.165, 1.54) is 0 Å². The fourth-order valence-corrected chi connectivity index (χ4v) is 1.46. The van der Waals surface area contributed by atoms with Gasteiger partial charge in [0.1, 0.15) is 0 Å². The molecule has 0 aromatic heterocycles. The van der Waals surface area contributed by atoms with Gasteiger partial charge in [-0.15, -0.1) is 0 Å². The third-order valence-electron chi connectivity index (χ3n) is 2.44. The van der Waals surface area contributed by atoms with Crippen LogP contribution in [0.2, 0.25) is 0 Å². The maximum atomic E-state index is 11.6. The van der Waals surface area contributed by atoms with Crippen LogP contribution in [0.4, 0.5) is 0 Å². The van der Waals surface area contributed by atoms with Crippen molar-refractivity contribution in [2.24, 2.45) is 11.7 Å². The van der Waals surface area contributed by atoms with Crippen LogP contribution in [-0.4, -0.2) is 58.6 Å². The van der Waals surface area contributed by atoms with Gasteiger partial charge in [0.05, 0.1) is 39.0 Å². The van der Waals surface area contributed by atoms with Crippen molar-refractivity contribution in [1.29, 1.82) is 0 Å². The highest BCUT2D eigenvalue weighted by molar-refractivity contribution is 5.79. The molecule has 1 heterocycles. The van der Waals surface area contributed by atoms with Gasteiger partial charge in [0.2, 0.25) is 5.91 Å². The van der Waals surface area contributed by atoms with E-state index in [4.69, 9.17) is 19.9 Å². The normalized spacial score (nSPS) is 24.6. The number of rotatable bonds is 7. The molecular formula is C10H20N2O4. The summed E-state index contributed by atoms with van der Waals surface area (Å²) in [6.07, 6.45) is 0. The predicted octanol–water partition coefficient (Wildman–Crippen LogP) is -1.26. The van der Waals surface area contributed by atoms with Crippen molar-refractivity contribution >= 4 is 5.91 Å². The second kappa shape index (κ2) is 7.56. The maximum absolute atomic E-state index is 11.6. The molecule has 0 radical (unpaired) electrons. The van der Waals surface area contributed by atoms with Crippen molar-refractivity contribution in [2.45, 2.75) is 6.04 Å². The Balaban J connectivity index is 2.02. The minimum Gasteiger partial charge on any atom is -0.382 e. The van der Waals surface area contributed by atoms with Crippen molar-refractivity contribution in [2.75, 3.05) is 46.7 Å². The van der Waals surface area contributed by atoms with Crippen LogP contribution in [-0.2, 0) is 19.0 Å². The summed E-state index contributed by atoms with van der Waals surface area (Å²) in [6.45, 7) is 2.96.